The number of guanidine groups is 1. The van der Waals surface area contributed by atoms with E-state index in [0.717, 1.165) is 31.3 Å². The summed E-state index contributed by atoms with van der Waals surface area (Å²) in [7, 11) is 5.90. The number of ether oxygens (including phenoxy) is 1. The summed E-state index contributed by atoms with van der Waals surface area (Å²) in [5.41, 5.74) is 1.21. The third-order valence-corrected chi connectivity index (χ3v) is 5.28. The maximum atomic E-state index is 5.38. The molecule has 1 aliphatic heterocycles. The molecule has 2 atom stereocenters. The number of rotatable bonds is 9. The van der Waals surface area contributed by atoms with Crippen molar-refractivity contribution in [1.82, 2.24) is 20.4 Å². The summed E-state index contributed by atoms with van der Waals surface area (Å²) >= 11 is 0. The van der Waals surface area contributed by atoms with Gasteiger partial charge >= 0.3 is 0 Å². The lowest BCUT2D eigenvalue weighted by Gasteiger charge is -2.25. The van der Waals surface area contributed by atoms with Crippen molar-refractivity contribution in [2.45, 2.75) is 38.8 Å². The summed E-state index contributed by atoms with van der Waals surface area (Å²) in [6.45, 7) is 9.20. The topological polar surface area (TPSA) is 52.1 Å². The second-order valence-electron chi connectivity index (χ2n) is 7.28. The largest absolute Gasteiger partial charge is 0.497 e. The van der Waals surface area contributed by atoms with Crippen LogP contribution in [0.2, 0.25) is 0 Å². The van der Waals surface area contributed by atoms with Crippen molar-refractivity contribution in [1.29, 1.82) is 0 Å². The summed E-state index contributed by atoms with van der Waals surface area (Å²) < 4.78 is 5.38. The number of likely N-dealkylation sites (N-methyl/N-ethyl adjacent to an activating group) is 2. The van der Waals surface area contributed by atoms with Crippen LogP contribution < -0.4 is 15.4 Å². The minimum atomic E-state index is 0. The van der Waals surface area contributed by atoms with Gasteiger partial charge in [0.05, 0.1) is 19.7 Å². The van der Waals surface area contributed by atoms with E-state index in [0.29, 0.717) is 12.6 Å². The zero-order valence-electron chi connectivity index (χ0n) is 18.1. The van der Waals surface area contributed by atoms with E-state index < -0.39 is 0 Å². The fourth-order valence-electron chi connectivity index (χ4n) is 3.69. The number of benzene rings is 1. The van der Waals surface area contributed by atoms with Crippen molar-refractivity contribution in [3.05, 3.63) is 29.8 Å². The second kappa shape index (κ2) is 13.2. The molecular weight excluding hydrogens is 465 g/mol. The van der Waals surface area contributed by atoms with Crippen molar-refractivity contribution < 1.29 is 4.74 Å². The van der Waals surface area contributed by atoms with E-state index in [1.807, 2.05) is 12.1 Å². The first-order valence-electron chi connectivity index (χ1n) is 10.2. The Balaban J connectivity index is 0.00000392. The van der Waals surface area contributed by atoms with Crippen molar-refractivity contribution in [2.75, 3.05) is 53.9 Å². The highest BCUT2D eigenvalue weighted by atomic mass is 127. The molecule has 1 aromatic rings. The third-order valence-electron chi connectivity index (χ3n) is 5.28. The molecule has 28 heavy (non-hydrogen) atoms. The van der Waals surface area contributed by atoms with E-state index in [4.69, 9.17) is 9.73 Å². The standard InChI is InChI=1S/C21H37N5O.HI/c1-6-22-21(23-15-18-11-9-13-26(18)7-2)24-16-20(25(3)4)17-10-8-12-19(14-17)27-5;/h8,10,12,14,18,20H,6-7,9,11,13,15-16H2,1-5H3,(H2,22,23,24);1H. The van der Waals surface area contributed by atoms with Crippen LogP contribution in [0.15, 0.2) is 29.3 Å². The molecule has 0 radical (unpaired) electrons. The van der Waals surface area contributed by atoms with Gasteiger partial charge < -0.3 is 20.3 Å². The number of nitrogens with zero attached hydrogens (tertiary/aromatic N) is 3. The molecule has 0 saturated carbocycles. The summed E-state index contributed by atoms with van der Waals surface area (Å²) in [5.74, 6) is 1.78. The molecule has 1 saturated heterocycles. The normalized spacial score (nSPS) is 18.6. The van der Waals surface area contributed by atoms with Crippen LogP contribution >= 0.6 is 24.0 Å². The molecule has 0 bridgehead atoms. The Kier molecular flexibility index (Phi) is 11.8. The van der Waals surface area contributed by atoms with E-state index in [-0.39, 0.29) is 30.0 Å². The fraction of sp³-hybridized carbons (Fsp3) is 0.667. The first-order valence-corrected chi connectivity index (χ1v) is 10.2. The highest BCUT2D eigenvalue weighted by Gasteiger charge is 2.23. The Hall–Kier alpha value is -1.06. The zero-order valence-corrected chi connectivity index (χ0v) is 20.4. The van der Waals surface area contributed by atoms with Crippen LogP contribution in [0.3, 0.4) is 0 Å². The number of halogens is 1. The summed E-state index contributed by atoms with van der Waals surface area (Å²) in [6.07, 6.45) is 2.57. The lowest BCUT2D eigenvalue weighted by Crippen LogP contribution is -2.45. The average molecular weight is 503 g/mol. The van der Waals surface area contributed by atoms with Crippen molar-refractivity contribution in [3.63, 3.8) is 0 Å². The average Bonchev–Trinajstić information content (AvgIpc) is 3.13. The SMILES string of the molecule is CCNC(=NCC(c1cccc(OC)c1)N(C)C)NCC1CCCN1CC.I. The Labute approximate surface area is 188 Å². The van der Waals surface area contributed by atoms with E-state index >= 15 is 0 Å². The van der Waals surface area contributed by atoms with Gasteiger partial charge in [0.2, 0.25) is 0 Å². The number of nitrogens with one attached hydrogen (secondary N) is 2. The second-order valence-corrected chi connectivity index (χ2v) is 7.28. The number of methoxy groups -OCH3 is 1. The van der Waals surface area contributed by atoms with Gasteiger partial charge in [-0.1, -0.05) is 19.1 Å². The molecule has 0 amide bonds. The number of hydrogen-bond donors (Lipinski definition) is 2. The minimum absolute atomic E-state index is 0. The molecule has 1 aromatic carbocycles. The molecule has 2 N–H and O–H groups in total. The zero-order chi connectivity index (χ0) is 19.6. The number of aliphatic imine (C=N–C) groups is 1. The predicted octanol–water partition coefficient (Wildman–Crippen LogP) is 2.96. The Bertz CT molecular complexity index is 596. The summed E-state index contributed by atoms with van der Waals surface area (Å²) in [6, 6.07) is 9.07. The smallest absolute Gasteiger partial charge is 0.191 e. The van der Waals surface area contributed by atoms with Crippen molar-refractivity contribution >= 4 is 29.9 Å². The van der Waals surface area contributed by atoms with E-state index in [1.54, 1.807) is 7.11 Å². The molecule has 1 aliphatic rings. The Morgan fingerprint density at radius 3 is 2.75 bits per heavy atom. The molecule has 0 aromatic heterocycles. The number of likely N-dealkylation sites (tertiary alicyclic amines) is 1. The highest BCUT2D eigenvalue weighted by Crippen LogP contribution is 2.23. The molecule has 0 aliphatic carbocycles. The van der Waals surface area contributed by atoms with Crippen LogP contribution in [0.1, 0.15) is 38.3 Å². The monoisotopic (exact) mass is 503 g/mol. The summed E-state index contributed by atoms with van der Waals surface area (Å²) in [5, 5.41) is 6.93. The Morgan fingerprint density at radius 1 is 1.32 bits per heavy atom. The lowest BCUT2D eigenvalue weighted by molar-refractivity contribution is 0.266. The van der Waals surface area contributed by atoms with Gasteiger partial charge in [-0.15, -0.1) is 24.0 Å². The Morgan fingerprint density at radius 2 is 2.11 bits per heavy atom. The molecule has 2 rings (SSSR count). The van der Waals surface area contributed by atoms with Gasteiger partial charge in [0.15, 0.2) is 5.96 Å². The molecule has 2 unspecified atom stereocenters. The quantitative estimate of drug-likeness (QED) is 0.309. The van der Waals surface area contributed by atoms with Gasteiger partial charge in [0, 0.05) is 19.1 Å². The molecule has 1 heterocycles. The molecule has 6 nitrogen and oxygen atoms in total. The van der Waals surface area contributed by atoms with Crippen molar-refractivity contribution in [2.24, 2.45) is 4.99 Å². The molecule has 160 valence electrons. The van der Waals surface area contributed by atoms with Crippen molar-refractivity contribution in [3.8, 4) is 5.75 Å². The van der Waals surface area contributed by atoms with Crippen LogP contribution in [0.4, 0.5) is 0 Å². The molecular formula is C21H38IN5O. The molecule has 1 fully saturated rings. The fourth-order valence-corrected chi connectivity index (χ4v) is 3.69. The van der Waals surface area contributed by atoms with Gasteiger partial charge in [-0.25, -0.2) is 0 Å². The van der Waals surface area contributed by atoms with Crippen LogP contribution in [-0.2, 0) is 0 Å². The van der Waals surface area contributed by atoms with Gasteiger partial charge in [0.25, 0.3) is 0 Å². The van der Waals surface area contributed by atoms with Gasteiger partial charge in [-0.2, -0.15) is 0 Å². The maximum Gasteiger partial charge on any atom is 0.191 e. The number of hydrogen-bond acceptors (Lipinski definition) is 4. The van der Waals surface area contributed by atoms with Gasteiger partial charge in [0.1, 0.15) is 5.75 Å². The third kappa shape index (κ3) is 7.40. The van der Waals surface area contributed by atoms with Crippen LogP contribution in [-0.4, -0.2) is 75.7 Å². The minimum Gasteiger partial charge on any atom is -0.497 e. The van der Waals surface area contributed by atoms with E-state index in [9.17, 15) is 0 Å². The van der Waals surface area contributed by atoms with Crippen LogP contribution in [0, 0.1) is 0 Å². The van der Waals surface area contributed by atoms with Crippen LogP contribution in [0.5, 0.6) is 5.75 Å². The lowest BCUT2D eigenvalue weighted by atomic mass is 10.1. The predicted molar refractivity (Wildman–Crippen MR) is 129 cm³/mol. The van der Waals surface area contributed by atoms with Gasteiger partial charge in [-0.3, -0.25) is 9.89 Å². The van der Waals surface area contributed by atoms with E-state index in [1.165, 1.54) is 24.9 Å². The first-order chi connectivity index (χ1) is 13.1. The van der Waals surface area contributed by atoms with Gasteiger partial charge in [-0.05, 0) is 64.6 Å². The summed E-state index contributed by atoms with van der Waals surface area (Å²) in [4.78, 5) is 9.63. The highest BCUT2D eigenvalue weighted by molar-refractivity contribution is 14.0. The molecule has 0 spiro atoms. The van der Waals surface area contributed by atoms with E-state index in [2.05, 4.69) is 60.5 Å². The first kappa shape index (κ1) is 25.0. The van der Waals surface area contributed by atoms with Crippen LogP contribution in [0.25, 0.3) is 0 Å². The molecule has 7 heteroatoms. The maximum absolute atomic E-state index is 5.38.